The van der Waals surface area contributed by atoms with Crippen LogP contribution < -0.4 is 5.32 Å². The Hall–Kier alpha value is -0.120. The molecule has 0 radical (unpaired) electrons. The highest BCUT2D eigenvalue weighted by Gasteiger charge is 2.21. The summed E-state index contributed by atoms with van der Waals surface area (Å²) in [5, 5.41) is 3.47. The topological polar surface area (TPSA) is 30.5 Å². The van der Waals surface area contributed by atoms with Gasteiger partial charge in [0.25, 0.3) is 0 Å². The number of ether oxygens (including phenoxy) is 2. The molecule has 0 saturated carbocycles. The normalized spacial score (nSPS) is 29.4. The highest BCUT2D eigenvalue weighted by molar-refractivity contribution is 4.74. The molecule has 3 unspecified atom stereocenters. The molecule has 1 N–H and O–H groups in total. The van der Waals surface area contributed by atoms with Crippen molar-refractivity contribution in [3.8, 4) is 0 Å². The van der Waals surface area contributed by atoms with Crippen molar-refractivity contribution in [2.75, 3.05) is 20.3 Å². The third-order valence-electron chi connectivity index (χ3n) is 2.77. The molecule has 1 aliphatic rings. The summed E-state index contributed by atoms with van der Waals surface area (Å²) >= 11 is 0. The zero-order chi connectivity index (χ0) is 10.4. The van der Waals surface area contributed by atoms with Crippen molar-refractivity contribution in [2.24, 2.45) is 0 Å². The molecule has 0 spiro atoms. The van der Waals surface area contributed by atoms with Crippen LogP contribution in [0.1, 0.15) is 33.1 Å². The third-order valence-corrected chi connectivity index (χ3v) is 2.77. The molecule has 1 rings (SSSR count). The van der Waals surface area contributed by atoms with E-state index in [1.165, 1.54) is 12.8 Å². The number of hydrogen-bond acceptors (Lipinski definition) is 3. The average Bonchev–Trinajstić information content (AvgIpc) is 2.58. The van der Waals surface area contributed by atoms with E-state index in [-0.39, 0.29) is 0 Å². The van der Waals surface area contributed by atoms with Gasteiger partial charge in [-0.1, -0.05) is 0 Å². The zero-order valence-electron chi connectivity index (χ0n) is 9.58. The Bertz CT molecular complexity index is 152. The molecule has 0 aromatic heterocycles. The van der Waals surface area contributed by atoms with Gasteiger partial charge in [0.15, 0.2) is 0 Å². The molecule has 3 atom stereocenters. The smallest absolute Gasteiger partial charge is 0.0704 e. The summed E-state index contributed by atoms with van der Waals surface area (Å²) in [4.78, 5) is 0. The van der Waals surface area contributed by atoms with E-state index >= 15 is 0 Å². The van der Waals surface area contributed by atoms with Crippen molar-refractivity contribution in [3.63, 3.8) is 0 Å². The van der Waals surface area contributed by atoms with Crippen LogP contribution in [0.2, 0.25) is 0 Å². The molecule has 3 heteroatoms. The molecule has 1 saturated heterocycles. The summed E-state index contributed by atoms with van der Waals surface area (Å²) in [7, 11) is 1.74. The van der Waals surface area contributed by atoms with Crippen LogP contribution in [0.15, 0.2) is 0 Å². The van der Waals surface area contributed by atoms with Crippen molar-refractivity contribution in [3.05, 3.63) is 0 Å². The van der Waals surface area contributed by atoms with E-state index in [0.717, 1.165) is 19.6 Å². The molecule has 0 aliphatic carbocycles. The van der Waals surface area contributed by atoms with Gasteiger partial charge in [-0.15, -0.1) is 0 Å². The molecule has 3 nitrogen and oxygen atoms in total. The first kappa shape index (κ1) is 12.0. The van der Waals surface area contributed by atoms with Crippen LogP contribution in [0.5, 0.6) is 0 Å². The first-order chi connectivity index (χ1) is 6.72. The van der Waals surface area contributed by atoms with Gasteiger partial charge in [0.05, 0.1) is 12.2 Å². The maximum absolute atomic E-state index is 5.72. The van der Waals surface area contributed by atoms with E-state index in [1.54, 1.807) is 7.11 Å². The number of rotatable bonds is 6. The van der Waals surface area contributed by atoms with Gasteiger partial charge in [-0.05, 0) is 33.1 Å². The highest BCUT2D eigenvalue weighted by Crippen LogP contribution is 2.18. The molecule has 0 aromatic carbocycles. The van der Waals surface area contributed by atoms with E-state index in [2.05, 4.69) is 19.2 Å². The minimum atomic E-state index is 0.426. The summed E-state index contributed by atoms with van der Waals surface area (Å²) in [5.74, 6) is 0. The van der Waals surface area contributed by atoms with Crippen molar-refractivity contribution < 1.29 is 9.47 Å². The standard InChI is InChI=1S/C11H23NO2/c1-9(6-7-13-3)12-8-11-5-4-10(2)14-11/h9-12H,4-8H2,1-3H3. The molecule has 1 heterocycles. The third kappa shape index (κ3) is 4.40. The van der Waals surface area contributed by atoms with E-state index in [4.69, 9.17) is 9.47 Å². The Labute approximate surface area is 87.2 Å². The molecule has 0 amide bonds. The van der Waals surface area contributed by atoms with Gasteiger partial charge in [-0.2, -0.15) is 0 Å². The molecule has 14 heavy (non-hydrogen) atoms. The minimum Gasteiger partial charge on any atom is -0.385 e. The lowest BCUT2D eigenvalue weighted by molar-refractivity contribution is 0.0538. The molecule has 1 fully saturated rings. The fourth-order valence-electron chi connectivity index (χ4n) is 1.76. The van der Waals surface area contributed by atoms with Crippen LogP contribution in [0.4, 0.5) is 0 Å². The second kappa shape index (κ2) is 6.38. The maximum Gasteiger partial charge on any atom is 0.0704 e. The second-order valence-corrected chi connectivity index (χ2v) is 4.24. The predicted molar refractivity (Wildman–Crippen MR) is 57.5 cm³/mol. The molecule has 84 valence electrons. The van der Waals surface area contributed by atoms with Gasteiger partial charge in [-0.3, -0.25) is 0 Å². The number of hydrogen-bond donors (Lipinski definition) is 1. The van der Waals surface area contributed by atoms with Gasteiger partial charge < -0.3 is 14.8 Å². The van der Waals surface area contributed by atoms with Gasteiger partial charge >= 0.3 is 0 Å². The van der Waals surface area contributed by atoms with E-state index < -0.39 is 0 Å². The Morgan fingerprint density at radius 1 is 1.50 bits per heavy atom. The van der Waals surface area contributed by atoms with Crippen LogP contribution in [0.25, 0.3) is 0 Å². The number of methoxy groups -OCH3 is 1. The lowest BCUT2D eigenvalue weighted by Gasteiger charge is -2.17. The van der Waals surface area contributed by atoms with Crippen LogP contribution in [0, 0.1) is 0 Å². The van der Waals surface area contributed by atoms with Gasteiger partial charge in [0.1, 0.15) is 0 Å². The zero-order valence-corrected chi connectivity index (χ0v) is 9.58. The van der Waals surface area contributed by atoms with Crippen molar-refractivity contribution in [1.82, 2.24) is 5.32 Å². The molecule has 1 aliphatic heterocycles. The Morgan fingerprint density at radius 2 is 2.29 bits per heavy atom. The van der Waals surface area contributed by atoms with Crippen LogP contribution in [-0.4, -0.2) is 38.5 Å². The van der Waals surface area contributed by atoms with Crippen LogP contribution in [-0.2, 0) is 9.47 Å². The average molecular weight is 201 g/mol. The minimum absolute atomic E-state index is 0.426. The summed E-state index contributed by atoms with van der Waals surface area (Å²) in [6, 6.07) is 0.523. The fourth-order valence-corrected chi connectivity index (χ4v) is 1.76. The summed E-state index contributed by atoms with van der Waals surface area (Å²) in [6.07, 6.45) is 4.36. The van der Waals surface area contributed by atoms with Crippen LogP contribution >= 0.6 is 0 Å². The monoisotopic (exact) mass is 201 g/mol. The highest BCUT2D eigenvalue weighted by atomic mass is 16.5. The van der Waals surface area contributed by atoms with Crippen LogP contribution in [0.3, 0.4) is 0 Å². The Morgan fingerprint density at radius 3 is 2.86 bits per heavy atom. The predicted octanol–water partition coefficient (Wildman–Crippen LogP) is 1.57. The van der Waals surface area contributed by atoms with Crippen molar-refractivity contribution in [1.29, 1.82) is 0 Å². The quantitative estimate of drug-likeness (QED) is 0.707. The molecular formula is C11H23NO2. The first-order valence-corrected chi connectivity index (χ1v) is 5.60. The summed E-state index contributed by atoms with van der Waals surface area (Å²) in [5.41, 5.74) is 0. The fraction of sp³-hybridized carbons (Fsp3) is 1.00. The van der Waals surface area contributed by atoms with E-state index in [1.807, 2.05) is 0 Å². The first-order valence-electron chi connectivity index (χ1n) is 5.60. The molecule has 0 aromatic rings. The maximum atomic E-state index is 5.72. The largest absolute Gasteiger partial charge is 0.385 e. The molecular weight excluding hydrogens is 178 g/mol. The molecule has 0 bridgehead atoms. The summed E-state index contributed by atoms with van der Waals surface area (Å²) < 4.78 is 10.8. The summed E-state index contributed by atoms with van der Waals surface area (Å²) in [6.45, 7) is 6.15. The lowest BCUT2D eigenvalue weighted by atomic mass is 10.2. The van der Waals surface area contributed by atoms with Gasteiger partial charge in [-0.25, -0.2) is 0 Å². The van der Waals surface area contributed by atoms with Gasteiger partial charge in [0.2, 0.25) is 0 Å². The SMILES string of the molecule is COCCC(C)NCC1CCC(C)O1. The second-order valence-electron chi connectivity index (χ2n) is 4.24. The van der Waals surface area contributed by atoms with E-state index in [0.29, 0.717) is 18.2 Å². The lowest BCUT2D eigenvalue weighted by Crippen LogP contribution is -2.34. The Balaban J connectivity index is 2.02. The Kier molecular flexibility index (Phi) is 5.45. The number of nitrogens with one attached hydrogen (secondary N) is 1. The van der Waals surface area contributed by atoms with Gasteiger partial charge in [0, 0.05) is 26.3 Å². The van der Waals surface area contributed by atoms with E-state index in [9.17, 15) is 0 Å². The van der Waals surface area contributed by atoms with Crippen molar-refractivity contribution in [2.45, 2.75) is 51.4 Å². The van der Waals surface area contributed by atoms with Crippen molar-refractivity contribution >= 4 is 0 Å².